The number of fused-ring (bicyclic) bond motifs is 1. The van der Waals surface area contributed by atoms with Crippen molar-refractivity contribution in [2.45, 2.75) is 63.1 Å². The summed E-state index contributed by atoms with van der Waals surface area (Å²) in [6.07, 6.45) is 10.1. The van der Waals surface area contributed by atoms with Gasteiger partial charge < -0.3 is 5.32 Å². The zero-order valence-electron chi connectivity index (χ0n) is 18.5. The molecular weight excluding hydrogens is 452 g/mol. The first kappa shape index (κ1) is 22.2. The van der Waals surface area contributed by atoms with E-state index in [0.29, 0.717) is 24.1 Å². The van der Waals surface area contributed by atoms with Crippen LogP contribution in [0.5, 0.6) is 0 Å². The van der Waals surface area contributed by atoms with Crippen molar-refractivity contribution in [1.29, 1.82) is 0 Å². The molecule has 2 heterocycles. The predicted octanol–water partition coefficient (Wildman–Crippen LogP) is 1.74. The summed E-state index contributed by atoms with van der Waals surface area (Å²) in [7, 11) is -7.18. The number of rotatable bonds is 5. The van der Waals surface area contributed by atoms with Crippen molar-refractivity contribution < 1.29 is 21.6 Å². The summed E-state index contributed by atoms with van der Waals surface area (Å²) >= 11 is 0. The Balaban J connectivity index is 1.41. The molecule has 6 rings (SSSR count). The molecule has 4 saturated carbocycles. The number of nitrogens with one attached hydrogen (secondary N) is 1. The molecule has 1 N–H and O–H groups in total. The molecule has 0 saturated heterocycles. The third kappa shape index (κ3) is 4.19. The highest BCUT2D eigenvalue weighted by atomic mass is 32.2. The van der Waals surface area contributed by atoms with Crippen LogP contribution in [-0.4, -0.2) is 56.1 Å². The standard InChI is InChI=1S/C21H30N4O5S2/c1-31(27,28)20-22-17-12-25(32(2,29)30)4-3-16(17)19(24-20)23-18(26)11-21-8-13-5-14(9-21)7-15(6-13)10-21/h13-15H,3-12H2,1-2H3,(H,22,23,24,26). The number of hydrogen-bond acceptors (Lipinski definition) is 7. The second kappa shape index (κ2) is 7.46. The third-order valence-corrected chi connectivity index (χ3v) is 9.86. The molecule has 1 aromatic heterocycles. The summed E-state index contributed by atoms with van der Waals surface area (Å²) in [4.78, 5) is 21.5. The van der Waals surface area contributed by atoms with Crippen LogP contribution < -0.4 is 5.32 Å². The van der Waals surface area contributed by atoms with E-state index in [4.69, 9.17) is 0 Å². The van der Waals surface area contributed by atoms with Crippen LogP contribution in [0.25, 0.3) is 0 Å². The largest absolute Gasteiger partial charge is 0.310 e. The molecule has 0 spiro atoms. The zero-order valence-corrected chi connectivity index (χ0v) is 20.1. The van der Waals surface area contributed by atoms with Crippen LogP contribution >= 0.6 is 0 Å². The monoisotopic (exact) mass is 482 g/mol. The number of carbonyl (C=O) groups excluding carboxylic acids is 1. The van der Waals surface area contributed by atoms with Crippen molar-refractivity contribution in [2.24, 2.45) is 23.2 Å². The average molecular weight is 483 g/mol. The lowest BCUT2D eigenvalue weighted by Gasteiger charge is -2.56. The van der Waals surface area contributed by atoms with Crippen LogP contribution in [0.1, 0.15) is 56.2 Å². The number of hydrogen-bond donors (Lipinski definition) is 1. The predicted molar refractivity (Wildman–Crippen MR) is 118 cm³/mol. The number of sulfonamides is 1. The summed E-state index contributed by atoms with van der Waals surface area (Å²) in [5.74, 6) is 2.27. The Hall–Kier alpha value is -1.59. The second-order valence-electron chi connectivity index (χ2n) is 10.5. The van der Waals surface area contributed by atoms with Crippen molar-refractivity contribution >= 4 is 31.6 Å². The molecule has 5 aliphatic rings. The fraction of sp³-hybridized carbons (Fsp3) is 0.762. The molecule has 4 bridgehead atoms. The minimum Gasteiger partial charge on any atom is -0.310 e. The Morgan fingerprint density at radius 2 is 1.62 bits per heavy atom. The molecule has 32 heavy (non-hydrogen) atoms. The Morgan fingerprint density at radius 1 is 1.03 bits per heavy atom. The summed E-state index contributed by atoms with van der Waals surface area (Å²) in [6.45, 7) is 0.211. The summed E-state index contributed by atoms with van der Waals surface area (Å²) in [6, 6.07) is 0. The van der Waals surface area contributed by atoms with Crippen molar-refractivity contribution in [3.05, 3.63) is 11.3 Å². The first-order chi connectivity index (χ1) is 14.9. The molecule has 1 amide bonds. The maximum atomic E-state index is 13.1. The van der Waals surface area contributed by atoms with Gasteiger partial charge >= 0.3 is 0 Å². The molecular formula is C21H30N4O5S2. The molecule has 0 aromatic carbocycles. The fourth-order valence-electron chi connectivity index (χ4n) is 6.96. The average Bonchev–Trinajstić information content (AvgIpc) is 2.64. The van der Waals surface area contributed by atoms with Crippen LogP contribution in [0.4, 0.5) is 5.82 Å². The van der Waals surface area contributed by atoms with Crippen LogP contribution in [0.15, 0.2) is 5.16 Å². The van der Waals surface area contributed by atoms with Crippen molar-refractivity contribution in [3.8, 4) is 0 Å². The van der Waals surface area contributed by atoms with Crippen molar-refractivity contribution in [2.75, 3.05) is 24.4 Å². The summed E-state index contributed by atoms with van der Waals surface area (Å²) in [5, 5.41) is 2.50. The van der Waals surface area contributed by atoms with Gasteiger partial charge in [0.25, 0.3) is 0 Å². The Labute approximate surface area is 189 Å². The molecule has 0 radical (unpaired) electrons. The summed E-state index contributed by atoms with van der Waals surface area (Å²) in [5.41, 5.74) is 1.01. The van der Waals surface area contributed by atoms with Gasteiger partial charge in [0.05, 0.1) is 18.5 Å². The highest BCUT2D eigenvalue weighted by molar-refractivity contribution is 7.90. The molecule has 0 unspecified atom stereocenters. The number of aromatic nitrogens is 2. The Kier molecular flexibility index (Phi) is 5.18. The van der Waals surface area contributed by atoms with Gasteiger partial charge in [-0.3, -0.25) is 4.79 Å². The molecule has 176 valence electrons. The lowest BCUT2D eigenvalue weighted by Crippen LogP contribution is -2.47. The number of anilines is 1. The van der Waals surface area contributed by atoms with Gasteiger partial charge in [-0.25, -0.2) is 26.8 Å². The first-order valence-corrected chi connectivity index (χ1v) is 15.0. The Morgan fingerprint density at radius 3 is 2.16 bits per heavy atom. The number of amides is 1. The first-order valence-electron chi connectivity index (χ1n) is 11.2. The lowest BCUT2D eigenvalue weighted by molar-refractivity contribution is -0.124. The molecule has 1 aliphatic heterocycles. The normalized spacial score (nSPS) is 32.0. The lowest BCUT2D eigenvalue weighted by atomic mass is 9.49. The van der Waals surface area contributed by atoms with Gasteiger partial charge in [0.2, 0.25) is 30.9 Å². The van der Waals surface area contributed by atoms with E-state index in [1.54, 1.807) is 0 Å². The van der Waals surface area contributed by atoms with E-state index < -0.39 is 25.0 Å². The van der Waals surface area contributed by atoms with Gasteiger partial charge in [0, 0.05) is 24.8 Å². The van der Waals surface area contributed by atoms with Gasteiger partial charge in [-0.1, -0.05) is 0 Å². The molecule has 1 aromatic rings. The maximum Gasteiger partial charge on any atom is 0.249 e. The zero-order chi connectivity index (χ0) is 22.9. The van der Waals surface area contributed by atoms with Crippen LogP contribution in [0.3, 0.4) is 0 Å². The van der Waals surface area contributed by atoms with E-state index in [2.05, 4.69) is 15.3 Å². The molecule has 4 aliphatic carbocycles. The number of sulfone groups is 1. The van der Waals surface area contributed by atoms with Crippen molar-refractivity contribution in [3.63, 3.8) is 0 Å². The van der Waals surface area contributed by atoms with Gasteiger partial charge in [-0.2, -0.15) is 4.31 Å². The fourth-order valence-corrected chi connectivity index (χ4v) is 8.27. The van der Waals surface area contributed by atoms with Crippen molar-refractivity contribution in [1.82, 2.24) is 14.3 Å². The van der Waals surface area contributed by atoms with Gasteiger partial charge in [0.1, 0.15) is 5.82 Å². The van der Waals surface area contributed by atoms with Crippen LogP contribution in [0.2, 0.25) is 0 Å². The third-order valence-electron chi connectivity index (χ3n) is 7.77. The molecule has 9 nitrogen and oxygen atoms in total. The summed E-state index contributed by atoms with van der Waals surface area (Å²) < 4.78 is 49.6. The smallest absolute Gasteiger partial charge is 0.249 e. The minimum absolute atomic E-state index is 0.0307. The van der Waals surface area contributed by atoms with E-state index in [9.17, 15) is 21.6 Å². The van der Waals surface area contributed by atoms with Gasteiger partial charge in [-0.05, 0) is 68.1 Å². The van der Waals surface area contributed by atoms with Crippen LogP contribution in [-0.2, 0) is 37.6 Å². The minimum atomic E-state index is -3.73. The Bertz CT molecular complexity index is 1140. The van der Waals surface area contributed by atoms with E-state index in [-0.39, 0.29) is 30.2 Å². The van der Waals surface area contributed by atoms with E-state index in [1.807, 2.05) is 0 Å². The maximum absolute atomic E-state index is 13.1. The second-order valence-corrected chi connectivity index (χ2v) is 14.4. The highest BCUT2D eigenvalue weighted by Gasteiger charge is 2.51. The quantitative estimate of drug-likeness (QED) is 0.634. The molecule has 11 heteroatoms. The van der Waals surface area contributed by atoms with E-state index >= 15 is 0 Å². The van der Waals surface area contributed by atoms with Crippen LogP contribution in [0, 0.1) is 23.2 Å². The molecule has 4 fully saturated rings. The SMILES string of the molecule is CS(=O)(=O)c1nc2c(c(NC(=O)CC34CC5CC(CC(C5)C3)C4)n1)CCN(S(C)(=O)=O)C2. The van der Waals surface area contributed by atoms with Gasteiger partial charge in [0.15, 0.2) is 0 Å². The molecule has 0 atom stereocenters. The van der Waals surface area contributed by atoms with E-state index in [1.165, 1.54) is 23.6 Å². The topological polar surface area (TPSA) is 126 Å². The van der Waals surface area contributed by atoms with E-state index in [0.717, 1.165) is 49.5 Å². The van der Waals surface area contributed by atoms with Gasteiger partial charge in [-0.15, -0.1) is 0 Å². The number of nitrogens with zero attached hydrogens (tertiary/aromatic N) is 3. The highest BCUT2D eigenvalue weighted by Crippen LogP contribution is 2.61. The number of carbonyl (C=O) groups is 1.